The smallest absolute Gasteiger partial charge is 0.309 e. The van der Waals surface area contributed by atoms with Gasteiger partial charge in [-0.2, -0.15) is 0 Å². The summed E-state index contributed by atoms with van der Waals surface area (Å²) in [7, 11) is 0. The van der Waals surface area contributed by atoms with Crippen molar-refractivity contribution in [2.45, 2.75) is 58.9 Å². The first-order chi connectivity index (χ1) is 7.82. The molecule has 0 aromatic carbocycles. The summed E-state index contributed by atoms with van der Waals surface area (Å²) in [5, 5.41) is 9.21. The lowest BCUT2D eigenvalue weighted by Crippen LogP contribution is -2.46. The molecule has 1 aliphatic heterocycles. The van der Waals surface area contributed by atoms with E-state index in [-0.39, 0.29) is 0 Å². The standard InChI is InChI=1S/C14H25NO2/c1-13(2)5-4-11(10-13)15-8-6-14(3,7-9-15)12(16)17/h11H,4-10H2,1-3H3,(H,16,17). The second kappa shape index (κ2) is 4.27. The Balaban J connectivity index is 1.90. The first kappa shape index (κ1) is 12.9. The van der Waals surface area contributed by atoms with E-state index in [0.29, 0.717) is 11.5 Å². The number of carbonyl (C=O) groups is 1. The molecular weight excluding hydrogens is 214 g/mol. The molecule has 0 aromatic heterocycles. The predicted octanol–water partition coefficient (Wildman–Crippen LogP) is 2.75. The maximum Gasteiger partial charge on any atom is 0.309 e. The number of carboxylic acid groups (broad SMARTS) is 1. The largest absolute Gasteiger partial charge is 0.481 e. The first-order valence-corrected chi connectivity index (χ1v) is 6.80. The molecule has 1 aliphatic carbocycles. The summed E-state index contributed by atoms with van der Waals surface area (Å²) in [5.74, 6) is -0.621. The highest BCUT2D eigenvalue weighted by atomic mass is 16.4. The van der Waals surface area contributed by atoms with Crippen LogP contribution in [0.1, 0.15) is 52.9 Å². The fraction of sp³-hybridized carbons (Fsp3) is 0.929. The van der Waals surface area contributed by atoms with Gasteiger partial charge in [0.15, 0.2) is 0 Å². The molecule has 1 atom stereocenters. The highest BCUT2D eigenvalue weighted by molar-refractivity contribution is 5.74. The molecule has 2 fully saturated rings. The van der Waals surface area contributed by atoms with Crippen molar-refractivity contribution < 1.29 is 9.90 Å². The molecule has 1 heterocycles. The number of likely N-dealkylation sites (tertiary alicyclic amines) is 1. The summed E-state index contributed by atoms with van der Waals surface area (Å²) in [5.41, 5.74) is 0.00281. The van der Waals surface area contributed by atoms with Crippen LogP contribution in [0.4, 0.5) is 0 Å². The Hall–Kier alpha value is -0.570. The summed E-state index contributed by atoms with van der Waals surface area (Å²) in [6.45, 7) is 8.51. The van der Waals surface area contributed by atoms with Gasteiger partial charge in [0.25, 0.3) is 0 Å². The van der Waals surface area contributed by atoms with E-state index in [1.54, 1.807) is 0 Å². The van der Waals surface area contributed by atoms with Crippen molar-refractivity contribution in [1.29, 1.82) is 0 Å². The lowest BCUT2D eigenvalue weighted by Gasteiger charge is -2.39. The summed E-state index contributed by atoms with van der Waals surface area (Å²) in [6.07, 6.45) is 5.48. The van der Waals surface area contributed by atoms with Crippen LogP contribution in [0.3, 0.4) is 0 Å². The maximum atomic E-state index is 11.2. The van der Waals surface area contributed by atoms with Gasteiger partial charge in [-0.25, -0.2) is 0 Å². The fourth-order valence-corrected chi connectivity index (χ4v) is 3.31. The van der Waals surface area contributed by atoms with E-state index in [0.717, 1.165) is 25.9 Å². The number of piperidine rings is 1. The highest BCUT2D eigenvalue weighted by Crippen LogP contribution is 2.41. The summed E-state index contributed by atoms with van der Waals surface area (Å²) >= 11 is 0. The molecule has 1 saturated carbocycles. The Bertz CT molecular complexity index is 303. The number of hydrogen-bond donors (Lipinski definition) is 1. The highest BCUT2D eigenvalue weighted by Gasteiger charge is 2.41. The van der Waals surface area contributed by atoms with E-state index in [4.69, 9.17) is 0 Å². The Kier molecular flexibility index (Phi) is 3.23. The van der Waals surface area contributed by atoms with Crippen LogP contribution in [0, 0.1) is 10.8 Å². The van der Waals surface area contributed by atoms with Crippen molar-refractivity contribution in [1.82, 2.24) is 4.90 Å². The predicted molar refractivity (Wildman–Crippen MR) is 68.0 cm³/mol. The monoisotopic (exact) mass is 239 g/mol. The molecule has 0 aromatic rings. The van der Waals surface area contributed by atoms with Gasteiger partial charge in [0.05, 0.1) is 5.41 Å². The van der Waals surface area contributed by atoms with Gasteiger partial charge in [-0.05, 0) is 57.5 Å². The van der Waals surface area contributed by atoms with Crippen LogP contribution < -0.4 is 0 Å². The quantitative estimate of drug-likeness (QED) is 0.805. The SMILES string of the molecule is CC1(C)CCC(N2CCC(C)(C(=O)O)CC2)C1. The number of nitrogens with zero attached hydrogens (tertiary/aromatic N) is 1. The normalized spacial score (nSPS) is 32.5. The average molecular weight is 239 g/mol. The Morgan fingerprint density at radius 3 is 2.18 bits per heavy atom. The molecule has 2 aliphatic rings. The Morgan fingerprint density at radius 1 is 1.18 bits per heavy atom. The van der Waals surface area contributed by atoms with Gasteiger partial charge < -0.3 is 10.0 Å². The van der Waals surface area contributed by atoms with Crippen molar-refractivity contribution in [2.75, 3.05) is 13.1 Å². The van der Waals surface area contributed by atoms with Crippen LogP contribution in [0.15, 0.2) is 0 Å². The molecule has 0 amide bonds. The molecular formula is C14H25NO2. The van der Waals surface area contributed by atoms with Crippen LogP contribution >= 0.6 is 0 Å². The molecule has 17 heavy (non-hydrogen) atoms. The molecule has 2 rings (SSSR count). The van der Waals surface area contributed by atoms with Crippen molar-refractivity contribution >= 4 is 5.97 Å². The third kappa shape index (κ3) is 2.65. The van der Waals surface area contributed by atoms with Crippen molar-refractivity contribution in [3.63, 3.8) is 0 Å². The van der Waals surface area contributed by atoms with Gasteiger partial charge in [-0.15, -0.1) is 0 Å². The van der Waals surface area contributed by atoms with Gasteiger partial charge in [0.1, 0.15) is 0 Å². The summed E-state index contributed by atoms with van der Waals surface area (Å²) in [6, 6.07) is 0.698. The average Bonchev–Trinajstić information content (AvgIpc) is 2.60. The zero-order valence-corrected chi connectivity index (χ0v) is 11.3. The lowest BCUT2D eigenvalue weighted by molar-refractivity contribution is -0.151. The van der Waals surface area contributed by atoms with Gasteiger partial charge in [0, 0.05) is 6.04 Å². The molecule has 0 radical (unpaired) electrons. The first-order valence-electron chi connectivity index (χ1n) is 6.80. The van der Waals surface area contributed by atoms with Gasteiger partial charge >= 0.3 is 5.97 Å². The zero-order valence-electron chi connectivity index (χ0n) is 11.3. The van der Waals surface area contributed by atoms with Crippen LogP contribution in [-0.2, 0) is 4.79 Å². The molecule has 98 valence electrons. The molecule has 3 nitrogen and oxygen atoms in total. The van der Waals surface area contributed by atoms with Crippen molar-refractivity contribution in [3.8, 4) is 0 Å². The fourth-order valence-electron chi connectivity index (χ4n) is 3.31. The minimum absolute atomic E-state index is 0.482. The van der Waals surface area contributed by atoms with Gasteiger partial charge in [-0.3, -0.25) is 4.79 Å². The summed E-state index contributed by atoms with van der Waals surface area (Å²) < 4.78 is 0. The van der Waals surface area contributed by atoms with Crippen LogP contribution in [0.2, 0.25) is 0 Å². The van der Waals surface area contributed by atoms with E-state index >= 15 is 0 Å². The Morgan fingerprint density at radius 2 is 1.76 bits per heavy atom. The zero-order chi connectivity index (χ0) is 12.7. The maximum absolute atomic E-state index is 11.2. The molecule has 1 saturated heterocycles. The molecule has 1 unspecified atom stereocenters. The number of carboxylic acids is 1. The second-order valence-electron chi connectivity index (χ2n) is 6.96. The van der Waals surface area contributed by atoms with E-state index in [1.807, 2.05) is 6.92 Å². The lowest BCUT2D eigenvalue weighted by atomic mass is 9.80. The molecule has 0 bridgehead atoms. The van der Waals surface area contributed by atoms with E-state index in [2.05, 4.69) is 18.7 Å². The van der Waals surface area contributed by atoms with Crippen molar-refractivity contribution in [2.24, 2.45) is 10.8 Å². The van der Waals surface area contributed by atoms with Gasteiger partial charge in [0.2, 0.25) is 0 Å². The molecule has 3 heteroatoms. The number of hydrogen-bond acceptors (Lipinski definition) is 2. The second-order valence-corrected chi connectivity index (χ2v) is 6.96. The minimum Gasteiger partial charge on any atom is -0.481 e. The molecule has 0 spiro atoms. The van der Waals surface area contributed by atoms with Crippen molar-refractivity contribution in [3.05, 3.63) is 0 Å². The molecule has 1 N–H and O–H groups in total. The Labute approximate surface area is 104 Å². The van der Waals surface area contributed by atoms with E-state index in [1.165, 1.54) is 19.3 Å². The minimum atomic E-state index is -0.621. The van der Waals surface area contributed by atoms with Crippen LogP contribution in [0.25, 0.3) is 0 Å². The van der Waals surface area contributed by atoms with Crippen LogP contribution in [0.5, 0.6) is 0 Å². The van der Waals surface area contributed by atoms with E-state index < -0.39 is 11.4 Å². The topological polar surface area (TPSA) is 40.5 Å². The van der Waals surface area contributed by atoms with Crippen LogP contribution in [-0.4, -0.2) is 35.1 Å². The van der Waals surface area contributed by atoms with Gasteiger partial charge in [-0.1, -0.05) is 13.8 Å². The van der Waals surface area contributed by atoms with E-state index in [9.17, 15) is 9.90 Å². The number of aliphatic carboxylic acids is 1. The number of rotatable bonds is 2. The summed E-state index contributed by atoms with van der Waals surface area (Å²) in [4.78, 5) is 13.7. The third-order valence-electron chi connectivity index (χ3n) is 4.88. The third-order valence-corrected chi connectivity index (χ3v) is 4.88.